The van der Waals surface area contributed by atoms with Crippen molar-refractivity contribution in [1.82, 2.24) is 15.5 Å². The molecule has 1 fully saturated rings. The molecule has 0 saturated heterocycles. The van der Waals surface area contributed by atoms with Crippen LogP contribution in [0.3, 0.4) is 0 Å². The molecule has 28 heavy (non-hydrogen) atoms. The predicted molar refractivity (Wildman–Crippen MR) is 116 cm³/mol. The molecular weight excluding hydrogens is 348 g/mol. The molecule has 1 unspecified atom stereocenters. The lowest BCUT2D eigenvalue weighted by molar-refractivity contribution is 0.287. The summed E-state index contributed by atoms with van der Waals surface area (Å²) < 4.78 is 5.56. The van der Waals surface area contributed by atoms with Crippen LogP contribution in [0.4, 0.5) is 0 Å². The normalized spacial score (nSPS) is 16.5. The number of nitrogens with zero attached hydrogens (tertiary/aromatic N) is 2. The summed E-state index contributed by atoms with van der Waals surface area (Å²) in [5, 5.41) is 7.03. The van der Waals surface area contributed by atoms with E-state index in [1.54, 1.807) is 7.11 Å². The van der Waals surface area contributed by atoms with Gasteiger partial charge in [0.1, 0.15) is 5.75 Å². The molecule has 0 aromatic heterocycles. The van der Waals surface area contributed by atoms with Gasteiger partial charge in [0.25, 0.3) is 0 Å². The molecule has 2 N–H and O–H groups in total. The number of guanidine groups is 1. The molecule has 1 atom stereocenters. The molecule has 2 aromatic rings. The van der Waals surface area contributed by atoms with E-state index in [4.69, 9.17) is 4.74 Å². The van der Waals surface area contributed by atoms with E-state index in [2.05, 4.69) is 77.1 Å². The van der Waals surface area contributed by atoms with E-state index >= 15 is 0 Å². The van der Waals surface area contributed by atoms with Gasteiger partial charge in [-0.25, -0.2) is 0 Å². The molecule has 5 heteroatoms. The highest BCUT2D eigenvalue weighted by atomic mass is 16.5. The average Bonchev–Trinajstić information content (AvgIpc) is 3.52. The van der Waals surface area contributed by atoms with E-state index in [0.717, 1.165) is 24.8 Å². The summed E-state index contributed by atoms with van der Waals surface area (Å²) in [6.45, 7) is 1.64. The van der Waals surface area contributed by atoms with Gasteiger partial charge in [0, 0.05) is 31.1 Å². The topological polar surface area (TPSA) is 48.9 Å². The summed E-state index contributed by atoms with van der Waals surface area (Å²) >= 11 is 0. The molecule has 2 aromatic carbocycles. The largest absolute Gasteiger partial charge is 0.496 e. The maximum atomic E-state index is 5.56. The Bertz CT molecular complexity index is 784. The van der Waals surface area contributed by atoms with E-state index in [9.17, 15) is 0 Å². The van der Waals surface area contributed by atoms with Crippen molar-refractivity contribution in [2.24, 2.45) is 4.99 Å². The zero-order chi connectivity index (χ0) is 20.0. The lowest BCUT2D eigenvalue weighted by Gasteiger charge is -2.27. The zero-order valence-electron chi connectivity index (χ0n) is 17.4. The number of rotatable bonds is 8. The number of methoxy groups -OCH3 is 1. The number of nitrogens with one attached hydrogen (secondary N) is 2. The van der Waals surface area contributed by atoms with Crippen molar-refractivity contribution in [1.29, 1.82) is 0 Å². The fraction of sp³-hybridized carbons (Fsp3) is 0.435. The van der Waals surface area contributed by atoms with Crippen LogP contribution in [0.2, 0.25) is 0 Å². The maximum Gasteiger partial charge on any atom is 0.191 e. The number of benzene rings is 2. The van der Waals surface area contributed by atoms with Gasteiger partial charge < -0.3 is 20.3 Å². The van der Waals surface area contributed by atoms with Crippen LogP contribution in [0.25, 0.3) is 0 Å². The summed E-state index contributed by atoms with van der Waals surface area (Å²) in [6, 6.07) is 19.1. The Labute approximate surface area is 168 Å². The summed E-state index contributed by atoms with van der Waals surface area (Å²) in [5.74, 6) is 1.75. The predicted octanol–water partition coefficient (Wildman–Crippen LogP) is 3.19. The summed E-state index contributed by atoms with van der Waals surface area (Å²) in [6.07, 6.45) is 2.45. The lowest BCUT2D eigenvalue weighted by Crippen LogP contribution is -2.44. The van der Waals surface area contributed by atoms with Gasteiger partial charge in [0.15, 0.2) is 5.96 Å². The van der Waals surface area contributed by atoms with Crippen molar-refractivity contribution in [3.05, 3.63) is 65.7 Å². The van der Waals surface area contributed by atoms with Crippen molar-refractivity contribution in [2.45, 2.75) is 24.3 Å². The van der Waals surface area contributed by atoms with E-state index in [-0.39, 0.29) is 11.5 Å². The number of aliphatic imine (C=N–C) groups is 1. The highest BCUT2D eigenvalue weighted by Gasteiger charge is 2.44. The first kappa shape index (κ1) is 20.2. The van der Waals surface area contributed by atoms with Gasteiger partial charge in [-0.05, 0) is 38.6 Å². The minimum Gasteiger partial charge on any atom is -0.496 e. The van der Waals surface area contributed by atoms with Gasteiger partial charge in [0.05, 0.1) is 13.2 Å². The molecule has 5 nitrogen and oxygen atoms in total. The number of hydrogen-bond acceptors (Lipinski definition) is 3. The molecule has 0 aliphatic heterocycles. The molecule has 3 rings (SSSR count). The Morgan fingerprint density at radius 1 is 1.07 bits per heavy atom. The molecule has 0 radical (unpaired) electrons. The molecule has 1 saturated carbocycles. The SMILES string of the molecule is CN=C(NCC(c1ccccc1OC)N(C)C)NCC1(c2ccccc2)CC1. The van der Waals surface area contributed by atoms with Crippen LogP contribution in [0.5, 0.6) is 5.75 Å². The van der Waals surface area contributed by atoms with Crippen LogP contribution in [0.1, 0.15) is 30.0 Å². The highest BCUT2D eigenvalue weighted by Crippen LogP contribution is 2.47. The van der Waals surface area contributed by atoms with Crippen LogP contribution in [0, 0.1) is 0 Å². The van der Waals surface area contributed by atoms with Gasteiger partial charge in [-0.2, -0.15) is 0 Å². The first-order chi connectivity index (χ1) is 13.6. The zero-order valence-corrected chi connectivity index (χ0v) is 17.4. The van der Waals surface area contributed by atoms with Crippen molar-refractivity contribution in [3.8, 4) is 5.75 Å². The molecule has 150 valence electrons. The number of hydrogen-bond donors (Lipinski definition) is 2. The van der Waals surface area contributed by atoms with E-state index < -0.39 is 0 Å². The Morgan fingerprint density at radius 2 is 1.75 bits per heavy atom. The van der Waals surface area contributed by atoms with Crippen molar-refractivity contribution < 1.29 is 4.74 Å². The monoisotopic (exact) mass is 380 g/mol. The maximum absolute atomic E-state index is 5.56. The molecule has 1 aliphatic carbocycles. The Kier molecular flexibility index (Phi) is 6.57. The third kappa shape index (κ3) is 4.65. The van der Waals surface area contributed by atoms with Crippen molar-refractivity contribution in [2.75, 3.05) is 41.3 Å². The number of likely N-dealkylation sites (N-methyl/N-ethyl adjacent to an activating group) is 1. The second kappa shape index (κ2) is 9.11. The Hall–Kier alpha value is -2.53. The van der Waals surface area contributed by atoms with Gasteiger partial charge in [0.2, 0.25) is 0 Å². The number of para-hydroxylation sites is 1. The van der Waals surface area contributed by atoms with Crippen LogP contribution >= 0.6 is 0 Å². The minimum atomic E-state index is 0.179. The van der Waals surface area contributed by atoms with Crippen LogP contribution in [-0.2, 0) is 5.41 Å². The lowest BCUT2D eigenvalue weighted by atomic mass is 9.96. The van der Waals surface area contributed by atoms with E-state index in [1.807, 2.05) is 19.2 Å². The highest BCUT2D eigenvalue weighted by molar-refractivity contribution is 5.80. The second-order valence-corrected chi connectivity index (χ2v) is 7.67. The Morgan fingerprint density at radius 3 is 2.36 bits per heavy atom. The van der Waals surface area contributed by atoms with Crippen molar-refractivity contribution >= 4 is 5.96 Å². The van der Waals surface area contributed by atoms with Crippen LogP contribution in [0.15, 0.2) is 59.6 Å². The fourth-order valence-electron chi connectivity index (χ4n) is 3.69. The summed E-state index contributed by atoms with van der Waals surface area (Å²) in [5.41, 5.74) is 2.83. The number of ether oxygens (including phenoxy) is 1. The first-order valence-electron chi connectivity index (χ1n) is 9.89. The molecular formula is C23H32N4O. The van der Waals surface area contributed by atoms with Gasteiger partial charge in [-0.3, -0.25) is 4.99 Å². The van der Waals surface area contributed by atoms with Gasteiger partial charge in [-0.15, -0.1) is 0 Å². The molecule has 1 aliphatic rings. The minimum absolute atomic E-state index is 0.179. The smallest absolute Gasteiger partial charge is 0.191 e. The quantitative estimate of drug-likeness (QED) is 0.545. The third-order valence-electron chi connectivity index (χ3n) is 5.64. The Balaban J connectivity index is 1.61. The van der Waals surface area contributed by atoms with Crippen molar-refractivity contribution in [3.63, 3.8) is 0 Å². The molecule has 0 spiro atoms. The standard InChI is InChI=1S/C23H32N4O/c1-24-22(26-17-23(14-15-23)18-10-6-5-7-11-18)25-16-20(27(2)3)19-12-8-9-13-21(19)28-4/h5-13,20H,14-17H2,1-4H3,(H2,24,25,26). The van der Waals surface area contributed by atoms with E-state index in [1.165, 1.54) is 24.0 Å². The summed E-state index contributed by atoms with van der Waals surface area (Å²) in [4.78, 5) is 6.62. The molecule has 0 amide bonds. The van der Waals surface area contributed by atoms with Crippen LogP contribution in [-0.4, -0.2) is 52.2 Å². The molecule has 0 heterocycles. The summed E-state index contributed by atoms with van der Waals surface area (Å²) in [7, 11) is 7.72. The fourth-order valence-corrected chi connectivity index (χ4v) is 3.69. The van der Waals surface area contributed by atoms with Gasteiger partial charge >= 0.3 is 0 Å². The average molecular weight is 381 g/mol. The van der Waals surface area contributed by atoms with Crippen LogP contribution < -0.4 is 15.4 Å². The first-order valence-corrected chi connectivity index (χ1v) is 9.89. The second-order valence-electron chi connectivity index (χ2n) is 7.67. The van der Waals surface area contributed by atoms with Gasteiger partial charge in [-0.1, -0.05) is 48.5 Å². The third-order valence-corrected chi connectivity index (χ3v) is 5.64. The molecule has 0 bridgehead atoms. The van der Waals surface area contributed by atoms with E-state index in [0.29, 0.717) is 0 Å².